The minimum Gasteiger partial charge on any atom is -0.480 e. The van der Waals surface area contributed by atoms with Crippen LogP contribution in [0.3, 0.4) is 0 Å². The standard InChI is InChI=1S/C12H14N2O6S/c1-8-4-5-9(7-11(8)14(17)18)21(19,20)13-6-2-3-10(13)12(15)16/h4-5,7,10H,2-3,6H2,1H3,(H,15,16). The van der Waals surface area contributed by atoms with Crippen LogP contribution in [0, 0.1) is 17.0 Å². The third-order valence-electron chi connectivity index (χ3n) is 3.47. The Kier molecular flexibility index (Phi) is 3.97. The van der Waals surface area contributed by atoms with Gasteiger partial charge in [-0.1, -0.05) is 6.07 Å². The van der Waals surface area contributed by atoms with Gasteiger partial charge in [-0.3, -0.25) is 14.9 Å². The molecule has 0 aromatic heterocycles. The van der Waals surface area contributed by atoms with Crippen LogP contribution in [0.4, 0.5) is 5.69 Å². The first kappa shape index (κ1) is 15.4. The molecule has 0 amide bonds. The van der Waals surface area contributed by atoms with Crippen molar-refractivity contribution in [2.24, 2.45) is 0 Å². The number of rotatable bonds is 4. The molecular weight excluding hydrogens is 300 g/mol. The number of hydrogen-bond acceptors (Lipinski definition) is 5. The Balaban J connectivity index is 2.47. The van der Waals surface area contributed by atoms with Crippen LogP contribution >= 0.6 is 0 Å². The lowest BCUT2D eigenvalue weighted by Crippen LogP contribution is -2.40. The van der Waals surface area contributed by atoms with Gasteiger partial charge >= 0.3 is 5.97 Å². The largest absolute Gasteiger partial charge is 0.480 e. The van der Waals surface area contributed by atoms with E-state index in [4.69, 9.17) is 5.11 Å². The summed E-state index contributed by atoms with van der Waals surface area (Å²) in [6, 6.07) is 2.46. The lowest BCUT2D eigenvalue weighted by molar-refractivity contribution is -0.385. The molecule has 0 bridgehead atoms. The molecule has 1 atom stereocenters. The van der Waals surface area contributed by atoms with Gasteiger partial charge < -0.3 is 5.11 Å². The molecule has 2 rings (SSSR count). The number of carbonyl (C=O) groups is 1. The van der Waals surface area contributed by atoms with Crippen molar-refractivity contribution >= 4 is 21.7 Å². The normalized spacial score (nSPS) is 19.6. The summed E-state index contributed by atoms with van der Waals surface area (Å²) >= 11 is 0. The van der Waals surface area contributed by atoms with Gasteiger partial charge in [0.15, 0.2) is 0 Å². The predicted molar refractivity (Wildman–Crippen MR) is 72.4 cm³/mol. The second-order valence-electron chi connectivity index (χ2n) is 4.82. The summed E-state index contributed by atoms with van der Waals surface area (Å²) in [5.74, 6) is -1.21. The van der Waals surface area contributed by atoms with Crippen molar-refractivity contribution < 1.29 is 23.2 Å². The third-order valence-corrected chi connectivity index (χ3v) is 5.38. The van der Waals surface area contributed by atoms with Crippen LogP contribution in [-0.2, 0) is 14.8 Å². The smallest absolute Gasteiger partial charge is 0.322 e. The first-order chi connectivity index (χ1) is 9.75. The molecule has 1 fully saturated rings. The highest BCUT2D eigenvalue weighted by Gasteiger charge is 2.39. The summed E-state index contributed by atoms with van der Waals surface area (Å²) in [5.41, 5.74) is 0.0392. The maximum absolute atomic E-state index is 12.5. The fraction of sp³-hybridized carbons (Fsp3) is 0.417. The van der Waals surface area contributed by atoms with Crippen molar-refractivity contribution in [1.29, 1.82) is 0 Å². The summed E-state index contributed by atoms with van der Waals surface area (Å²) in [4.78, 5) is 21.1. The first-order valence-electron chi connectivity index (χ1n) is 6.25. The SMILES string of the molecule is Cc1ccc(S(=O)(=O)N2CCCC2C(=O)O)cc1[N+](=O)[O-]. The van der Waals surface area contributed by atoms with Crippen molar-refractivity contribution in [1.82, 2.24) is 4.31 Å². The average molecular weight is 314 g/mol. The highest BCUT2D eigenvalue weighted by Crippen LogP contribution is 2.29. The van der Waals surface area contributed by atoms with E-state index < -0.39 is 27.0 Å². The van der Waals surface area contributed by atoms with Crippen molar-refractivity contribution in [3.05, 3.63) is 33.9 Å². The highest BCUT2D eigenvalue weighted by atomic mass is 32.2. The third kappa shape index (κ3) is 2.74. The Labute approximate surface area is 121 Å². The lowest BCUT2D eigenvalue weighted by Gasteiger charge is -2.20. The Hall–Kier alpha value is -2.00. The second kappa shape index (κ2) is 5.41. The topological polar surface area (TPSA) is 118 Å². The molecule has 1 aliphatic heterocycles. The van der Waals surface area contributed by atoms with Crippen molar-refractivity contribution in [2.75, 3.05) is 6.54 Å². The molecule has 1 aromatic rings. The monoisotopic (exact) mass is 314 g/mol. The fourth-order valence-corrected chi connectivity index (χ4v) is 4.03. The van der Waals surface area contributed by atoms with Crippen LogP contribution in [0.15, 0.2) is 23.1 Å². The van der Waals surface area contributed by atoms with Gasteiger partial charge in [-0.2, -0.15) is 4.31 Å². The first-order valence-corrected chi connectivity index (χ1v) is 7.69. The van der Waals surface area contributed by atoms with Crippen LogP contribution in [0.25, 0.3) is 0 Å². The highest BCUT2D eigenvalue weighted by molar-refractivity contribution is 7.89. The minimum absolute atomic E-state index is 0.0982. The number of aryl methyl sites for hydroxylation is 1. The fourth-order valence-electron chi connectivity index (χ4n) is 2.36. The van der Waals surface area contributed by atoms with Gasteiger partial charge in [0.1, 0.15) is 6.04 Å². The average Bonchev–Trinajstić information content (AvgIpc) is 2.88. The molecule has 1 saturated heterocycles. The van der Waals surface area contributed by atoms with E-state index in [9.17, 15) is 23.3 Å². The van der Waals surface area contributed by atoms with E-state index in [1.165, 1.54) is 19.1 Å². The molecule has 114 valence electrons. The maximum atomic E-state index is 12.5. The molecule has 9 heteroatoms. The van der Waals surface area contributed by atoms with E-state index >= 15 is 0 Å². The number of sulfonamides is 1. The van der Waals surface area contributed by atoms with Crippen molar-refractivity contribution in [3.8, 4) is 0 Å². The van der Waals surface area contributed by atoms with Crippen LogP contribution in [-0.4, -0.2) is 41.3 Å². The summed E-state index contributed by atoms with van der Waals surface area (Å²) in [7, 11) is -4.06. The molecule has 0 spiro atoms. The molecule has 21 heavy (non-hydrogen) atoms. The summed E-state index contributed by atoms with van der Waals surface area (Å²) in [6.45, 7) is 1.60. The number of carboxylic acids is 1. The molecule has 1 aromatic carbocycles. The molecule has 8 nitrogen and oxygen atoms in total. The summed E-state index contributed by atoms with van der Waals surface area (Å²) < 4.78 is 25.8. The van der Waals surface area contributed by atoms with E-state index in [-0.39, 0.29) is 23.5 Å². The Morgan fingerprint density at radius 3 is 2.71 bits per heavy atom. The van der Waals surface area contributed by atoms with E-state index in [1.807, 2.05) is 0 Å². The molecule has 1 aliphatic rings. The molecule has 1 N–H and O–H groups in total. The van der Waals surface area contributed by atoms with E-state index in [0.29, 0.717) is 12.0 Å². The maximum Gasteiger partial charge on any atom is 0.322 e. The number of aliphatic carboxylic acids is 1. The molecule has 0 radical (unpaired) electrons. The van der Waals surface area contributed by atoms with Gasteiger partial charge in [0, 0.05) is 18.2 Å². The summed E-state index contributed by atoms with van der Waals surface area (Å²) in [6.07, 6.45) is 0.687. The zero-order chi connectivity index (χ0) is 15.8. The van der Waals surface area contributed by atoms with Crippen LogP contribution < -0.4 is 0 Å². The zero-order valence-electron chi connectivity index (χ0n) is 11.2. The van der Waals surface area contributed by atoms with E-state index in [2.05, 4.69) is 0 Å². The van der Waals surface area contributed by atoms with Gasteiger partial charge in [0.2, 0.25) is 10.0 Å². The van der Waals surface area contributed by atoms with E-state index in [1.54, 1.807) is 0 Å². The number of benzene rings is 1. The Morgan fingerprint density at radius 1 is 1.48 bits per heavy atom. The number of hydrogen-bond donors (Lipinski definition) is 1. The van der Waals surface area contributed by atoms with Crippen molar-refractivity contribution in [2.45, 2.75) is 30.7 Å². The van der Waals surface area contributed by atoms with Crippen molar-refractivity contribution in [3.63, 3.8) is 0 Å². The Bertz CT molecular complexity index is 700. The number of nitro groups is 1. The molecule has 0 aliphatic carbocycles. The molecular formula is C12H14N2O6S. The van der Waals surface area contributed by atoms with E-state index in [0.717, 1.165) is 10.4 Å². The molecule has 1 heterocycles. The molecule has 1 unspecified atom stereocenters. The zero-order valence-corrected chi connectivity index (χ0v) is 12.0. The quantitative estimate of drug-likeness (QED) is 0.657. The second-order valence-corrected chi connectivity index (χ2v) is 6.71. The van der Waals surface area contributed by atoms with Crippen LogP contribution in [0.5, 0.6) is 0 Å². The number of nitrogens with zero attached hydrogens (tertiary/aromatic N) is 2. The lowest BCUT2D eigenvalue weighted by atomic mass is 10.2. The van der Waals surface area contributed by atoms with Gasteiger partial charge in [-0.05, 0) is 25.8 Å². The molecule has 0 saturated carbocycles. The predicted octanol–water partition coefficient (Wildman–Crippen LogP) is 1.14. The van der Waals surface area contributed by atoms with Crippen LogP contribution in [0.1, 0.15) is 18.4 Å². The number of nitro benzene ring substituents is 1. The Morgan fingerprint density at radius 2 is 2.14 bits per heavy atom. The van der Waals surface area contributed by atoms with Gasteiger partial charge in [-0.25, -0.2) is 8.42 Å². The summed E-state index contributed by atoms with van der Waals surface area (Å²) in [5, 5.41) is 20.0. The van der Waals surface area contributed by atoms with Gasteiger partial charge in [0.05, 0.1) is 9.82 Å². The van der Waals surface area contributed by atoms with Crippen LogP contribution in [0.2, 0.25) is 0 Å². The van der Waals surface area contributed by atoms with Gasteiger partial charge in [-0.15, -0.1) is 0 Å². The number of carboxylic acid groups (broad SMARTS) is 1. The van der Waals surface area contributed by atoms with Gasteiger partial charge in [0.25, 0.3) is 5.69 Å². The minimum atomic E-state index is -4.06.